The van der Waals surface area contributed by atoms with Crippen molar-refractivity contribution in [2.45, 2.75) is 12.2 Å². The van der Waals surface area contributed by atoms with Gasteiger partial charge in [-0.25, -0.2) is 0 Å². The zero-order valence-corrected chi connectivity index (χ0v) is 18.5. The van der Waals surface area contributed by atoms with E-state index in [2.05, 4.69) is 21.2 Å². The van der Waals surface area contributed by atoms with Gasteiger partial charge in [0.1, 0.15) is 17.8 Å². The second-order valence-corrected chi connectivity index (χ2v) is 7.57. The molecule has 8 nitrogen and oxygen atoms in total. The number of phenols is 1. The average Bonchev–Trinajstić information content (AvgIpc) is 3.12. The van der Waals surface area contributed by atoms with E-state index in [9.17, 15) is 32.7 Å². The molecule has 3 rings (SSSR count). The van der Waals surface area contributed by atoms with E-state index in [-0.39, 0.29) is 34.6 Å². The number of amides is 1. The molecule has 2 N–H and O–H groups in total. The second-order valence-electron chi connectivity index (χ2n) is 6.65. The molecule has 1 aromatic heterocycles. The minimum atomic E-state index is -4.87. The molecule has 32 heavy (non-hydrogen) atoms. The molecule has 0 radical (unpaired) electrons. The first-order chi connectivity index (χ1) is 14.4. The molecule has 1 heterocycles. The maximum Gasteiger partial charge on any atom is 1.00 e. The molecule has 0 saturated carbocycles. The number of aromatic hydroxyl groups is 1. The fraction of sp³-hybridized carbons (Fsp3) is 0.211. The maximum absolute atomic E-state index is 13.5. The number of halogens is 4. The molecule has 1 amide bonds. The van der Waals surface area contributed by atoms with Crippen molar-refractivity contribution in [3.63, 3.8) is 0 Å². The Balaban J connectivity index is 0.00000363. The van der Waals surface area contributed by atoms with Gasteiger partial charge in [-0.1, -0.05) is 23.5 Å². The van der Waals surface area contributed by atoms with Crippen LogP contribution in [0.15, 0.2) is 49.0 Å². The maximum atomic E-state index is 13.5. The summed E-state index contributed by atoms with van der Waals surface area (Å²) in [5.41, 5.74) is -4.00. The van der Waals surface area contributed by atoms with Gasteiger partial charge < -0.3 is 25.1 Å². The van der Waals surface area contributed by atoms with Crippen molar-refractivity contribution >= 4 is 38.9 Å². The number of benzene rings is 1. The normalized spacial score (nSPS) is 12.2. The van der Waals surface area contributed by atoms with Gasteiger partial charge in [0.15, 0.2) is 6.04 Å². The summed E-state index contributed by atoms with van der Waals surface area (Å²) in [5, 5.41) is 16.1. The number of hydrogen-bond donors (Lipinski definition) is 2. The summed E-state index contributed by atoms with van der Waals surface area (Å²) < 4.78 is 45.7. The van der Waals surface area contributed by atoms with Crippen molar-refractivity contribution in [3.8, 4) is 5.75 Å². The van der Waals surface area contributed by atoms with Crippen molar-refractivity contribution in [1.29, 1.82) is 0 Å². The van der Waals surface area contributed by atoms with Crippen LogP contribution in [-0.2, 0) is 0 Å². The van der Waals surface area contributed by atoms with E-state index in [1.165, 1.54) is 37.2 Å². The number of alkyl halides is 3. The fourth-order valence-electron chi connectivity index (χ4n) is 2.71. The molecule has 0 aliphatic carbocycles. The predicted molar refractivity (Wildman–Crippen MR) is 109 cm³/mol. The van der Waals surface area contributed by atoms with E-state index in [1.807, 2.05) is 5.32 Å². The van der Waals surface area contributed by atoms with Crippen LogP contribution in [0.2, 0.25) is 0 Å². The van der Waals surface area contributed by atoms with Crippen LogP contribution in [0.25, 0.3) is 5.32 Å². The molecule has 164 valence electrons. The van der Waals surface area contributed by atoms with E-state index in [4.69, 9.17) is 4.42 Å². The quantitative estimate of drug-likeness (QED) is 0.381. The van der Waals surface area contributed by atoms with Crippen molar-refractivity contribution in [2.24, 2.45) is 0 Å². The van der Waals surface area contributed by atoms with Gasteiger partial charge in [0.25, 0.3) is 5.91 Å². The third-order valence-corrected chi connectivity index (χ3v) is 4.67. The first kappa shape index (κ1) is 25.6. The Bertz CT molecular complexity index is 1220. The third-order valence-electron chi connectivity index (χ3n) is 4.26. The fourth-order valence-corrected chi connectivity index (χ4v) is 3.03. The molecule has 0 aliphatic rings. The number of carbonyl (C=O) groups is 1. The first-order valence-electron chi connectivity index (χ1n) is 8.57. The molecular formula is C19H14BrF3LiN3O5. The summed E-state index contributed by atoms with van der Waals surface area (Å²) in [6, 6.07) is 2.56. The average molecular weight is 508 g/mol. The van der Waals surface area contributed by atoms with Crippen LogP contribution in [0, 0.1) is 0 Å². The Labute approximate surface area is 199 Å². The molecule has 2 aromatic carbocycles. The van der Waals surface area contributed by atoms with Gasteiger partial charge in [-0.3, -0.25) is 14.4 Å². The van der Waals surface area contributed by atoms with Crippen molar-refractivity contribution < 1.29 is 46.4 Å². The van der Waals surface area contributed by atoms with Gasteiger partial charge >= 0.3 is 25.0 Å². The standard InChI is InChI=1S/C19H15BrF3N3O5.Li/c1-26(2)18(30)9-4-3-5-10(14(9)27)24-12-13(16(29)15(12)28)25-17(19(21,22)23)11-6-8(20)7-31-11;/h3-7,17H,1-2H3,(H3,24,25,27,28,29,30);/q;+1/p-1/t17-;/m0./s1. The summed E-state index contributed by atoms with van der Waals surface area (Å²) in [7, 11) is 2.91. The Morgan fingerprint density at radius 3 is 2.44 bits per heavy atom. The Morgan fingerprint density at radius 1 is 1.25 bits per heavy atom. The number of hydrogen-bond acceptors (Lipinski definition) is 6. The zero-order valence-electron chi connectivity index (χ0n) is 17.0. The van der Waals surface area contributed by atoms with Crippen molar-refractivity contribution in [3.05, 3.63) is 72.1 Å². The zero-order chi connectivity index (χ0) is 23.1. The summed E-state index contributed by atoms with van der Waals surface area (Å²) in [6.07, 6.45) is -3.83. The summed E-state index contributed by atoms with van der Waals surface area (Å²) >= 11 is 2.98. The second kappa shape index (κ2) is 9.44. The Kier molecular flexibility index (Phi) is 7.54. The van der Waals surface area contributed by atoms with Crippen molar-refractivity contribution in [1.82, 2.24) is 4.90 Å². The molecule has 0 spiro atoms. The van der Waals surface area contributed by atoms with E-state index >= 15 is 0 Å². The van der Waals surface area contributed by atoms with Gasteiger partial charge in [0.2, 0.25) is 10.9 Å². The SMILES string of the molecule is CN(C)C(=O)c1cccc([N-]c2c(N[C@@H](c3cc(Br)co3)C(F)(F)F)c(=O)c2=O)c1O.[Li+]. The molecule has 0 saturated heterocycles. The molecule has 0 unspecified atom stereocenters. The topological polar surface area (TPSA) is 114 Å². The minimum Gasteiger partial charge on any atom is -0.650 e. The molecule has 3 aromatic rings. The number of anilines is 1. The summed E-state index contributed by atoms with van der Waals surface area (Å²) in [6.45, 7) is 0. The number of nitrogens with one attached hydrogen (secondary N) is 1. The molecule has 0 bridgehead atoms. The predicted octanol–water partition coefficient (Wildman–Crippen LogP) is 1.10. The first-order valence-corrected chi connectivity index (χ1v) is 9.37. The number of carbonyl (C=O) groups excluding carboxylic acids is 1. The van der Waals surface area contributed by atoms with Crippen LogP contribution in [0.4, 0.5) is 30.2 Å². The summed E-state index contributed by atoms with van der Waals surface area (Å²) in [5.74, 6) is -1.68. The number of phenolic OH excluding ortho intramolecular Hbond substituents is 1. The van der Waals surface area contributed by atoms with E-state index in [1.54, 1.807) is 0 Å². The smallest absolute Gasteiger partial charge is 0.650 e. The molecule has 0 aliphatic heterocycles. The minimum absolute atomic E-state index is 0. The molecule has 13 heteroatoms. The van der Waals surface area contributed by atoms with E-state index < -0.39 is 51.9 Å². The van der Waals surface area contributed by atoms with Crippen LogP contribution >= 0.6 is 15.9 Å². The number of para-hydroxylation sites is 1. The van der Waals surface area contributed by atoms with Gasteiger partial charge in [-0.2, -0.15) is 13.2 Å². The van der Waals surface area contributed by atoms with Crippen LogP contribution in [0.5, 0.6) is 5.75 Å². The van der Waals surface area contributed by atoms with Crippen molar-refractivity contribution in [2.75, 3.05) is 19.4 Å². The van der Waals surface area contributed by atoms with Crippen LogP contribution < -0.4 is 35.0 Å². The van der Waals surface area contributed by atoms with E-state index in [0.29, 0.717) is 0 Å². The Hall–Kier alpha value is -2.68. The number of rotatable bonds is 6. The molecular weight excluding hydrogens is 494 g/mol. The summed E-state index contributed by atoms with van der Waals surface area (Å²) in [4.78, 5) is 37.2. The van der Waals surface area contributed by atoms with Crippen LogP contribution in [-0.4, -0.2) is 36.2 Å². The number of furan rings is 1. The Morgan fingerprint density at radius 2 is 1.91 bits per heavy atom. The van der Waals surface area contributed by atoms with Gasteiger partial charge in [-0.05, 0) is 28.1 Å². The third kappa shape index (κ3) is 4.87. The van der Waals surface area contributed by atoms with E-state index in [0.717, 1.165) is 12.3 Å². The largest absolute Gasteiger partial charge is 1.00 e. The van der Waals surface area contributed by atoms with Crippen LogP contribution in [0.1, 0.15) is 22.2 Å². The molecule has 0 fully saturated rings. The monoisotopic (exact) mass is 507 g/mol. The number of nitrogens with zero attached hydrogens (tertiary/aromatic N) is 2. The molecule has 1 atom stereocenters. The van der Waals surface area contributed by atoms with Gasteiger partial charge in [0.05, 0.1) is 15.7 Å². The van der Waals surface area contributed by atoms with Crippen LogP contribution in [0.3, 0.4) is 0 Å². The van der Waals surface area contributed by atoms with Gasteiger partial charge in [0, 0.05) is 14.1 Å². The van der Waals surface area contributed by atoms with Gasteiger partial charge in [-0.15, -0.1) is 0 Å².